The summed E-state index contributed by atoms with van der Waals surface area (Å²) in [5.74, 6) is 1.78. The van der Waals surface area contributed by atoms with E-state index in [1.807, 2.05) is 13.8 Å². The van der Waals surface area contributed by atoms with E-state index in [9.17, 15) is 9.59 Å². The molecule has 17 heavy (non-hydrogen) atoms. The second kappa shape index (κ2) is 6.26. The number of terminal acetylenes is 1. The van der Waals surface area contributed by atoms with Gasteiger partial charge in [-0.1, -0.05) is 19.8 Å². The van der Waals surface area contributed by atoms with Crippen LogP contribution in [0, 0.1) is 18.3 Å². The Labute approximate surface area is 103 Å². The van der Waals surface area contributed by atoms with Gasteiger partial charge in [-0.3, -0.25) is 9.59 Å². The molecule has 5 heteroatoms. The second-order valence-electron chi connectivity index (χ2n) is 4.81. The van der Waals surface area contributed by atoms with Gasteiger partial charge < -0.3 is 16.4 Å². The Kier molecular flexibility index (Phi) is 5.69. The molecule has 2 amide bonds. The summed E-state index contributed by atoms with van der Waals surface area (Å²) in [6.45, 7) is 6.96. The van der Waals surface area contributed by atoms with Crippen LogP contribution in [-0.2, 0) is 9.59 Å². The number of nitrogens with one attached hydrogen (secondary N) is 2. The Morgan fingerprint density at radius 1 is 1.41 bits per heavy atom. The number of rotatable bonds is 5. The lowest BCUT2D eigenvalue weighted by Gasteiger charge is -2.20. The molecule has 0 aliphatic carbocycles. The quantitative estimate of drug-likeness (QED) is 0.571. The van der Waals surface area contributed by atoms with Gasteiger partial charge in [-0.25, -0.2) is 0 Å². The van der Waals surface area contributed by atoms with E-state index in [1.54, 1.807) is 13.8 Å². The standard InChI is InChI=1S/C12H21N3O2/c1-6-12(4,5)15-9(16)7-14-11(17)10(13)8(2)3/h1,8,10H,7,13H2,2-5H3,(H,14,17)(H,15,16)/t10-/m0/s1. The number of hydrogen-bond acceptors (Lipinski definition) is 3. The highest BCUT2D eigenvalue weighted by atomic mass is 16.2. The van der Waals surface area contributed by atoms with E-state index in [0.29, 0.717) is 0 Å². The zero-order valence-electron chi connectivity index (χ0n) is 10.8. The van der Waals surface area contributed by atoms with Crippen LogP contribution in [0.2, 0.25) is 0 Å². The number of nitrogens with two attached hydrogens (primary N) is 1. The third-order valence-corrected chi connectivity index (χ3v) is 2.26. The van der Waals surface area contributed by atoms with Crippen molar-refractivity contribution in [2.75, 3.05) is 6.54 Å². The fourth-order valence-corrected chi connectivity index (χ4v) is 1.02. The molecule has 4 N–H and O–H groups in total. The summed E-state index contributed by atoms with van der Waals surface area (Å²) in [7, 11) is 0. The highest BCUT2D eigenvalue weighted by Gasteiger charge is 2.20. The predicted molar refractivity (Wildman–Crippen MR) is 66.9 cm³/mol. The SMILES string of the molecule is C#CC(C)(C)NC(=O)CNC(=O)[C@@H](N)C(C)C. The summed E-state index contributed by atoms with van der Waals surface area (Å²) in [6, 6.07) is -0.608. The first kappa shape index (κ1) is 15.5. The van der Waals surface area contributed by atoms with Crippen molar-refractivity contribution < 1.29 is 9.59 Å². The van der Waals surface area contributed by atoms with Crippen LogP contribution in [-0.4, -0.2) is 29.9 Å². The zero-order valence-corrected chi connectivity index (χ0v) is 10.8. The number of amides is 2. The van der Waals surface area contributed by atoms with Crippen molar-refractivity contribution in [3.63, 3.8) is 0 Å². The van der Waals surface area contributed by atoms with E-state index in [1.165, 1.54) is 0 Å². The summed E-state index contributed by atoms with van der Waals surface area (Å²) in [6.07, 6.45) is 5.23. The van der Waals surface area contributed by atoms with Crippen LogP contribution in [0.4, 0.5) is 0 Å². The Bertz CT molecular complexity index is 329. The van der Waals surface area contributed by atoms with Gasteiger partial charge >= 0.3 is 0 Å². The lowest BCUT2D eigenvalue weighted by molar-refractivity contribution is -0.127. The van der Waals surface area contributed by atoms with Crippen molar-refractivity contribution >= 4 is 11.8 Å². The summed E-state index contributed by atoms with van der Waals surface area (Å²) in [4.78, 5) is 22.9. The van der Waals surface area contributed by atoms with E-state index in [2.05, 4.69) is 16.6 Å². The van der Waals surface area contributed by atoms with Crippen molar-refractivity contribution in [1.29, 1.82) is 0 Å². The monoisotopic (exact) mass is 239 g/mol. The van der Waals surface area contributed by atoms with Gasteiger partial charge in [-0.2, -0.15) is 0 Å². The first-order valence-corrected chi connectivity index (χ1v) is 5.51. The normalized spacial score (nSPS) is 12.8. The van der Waals surface area contributed by atoms with Crippen LogP contribution in [0.1, 0.15) is 27.7 Å². The minimum atomic E-state index is -0.720. The molecule has 0 aliphatic rings. The fourth-order valence-electron chi connectivity index (χ4n) is 1.02. The minimum Gasteiger partial charge on any atom is -0.346 e. The summed E-state index contributed by atoms with van der Waals surface area (Å²) < 4.78 is 0. The van der Waals surface area contributed by atoms with Gasteiger partial charge in [0.2, 0.25) is 11.8 Å². The van der Waals surface area contributed by atoms with Crippen LogP contribution >= 0.6 is 0 Å². The van der Waals surface area contributed by atoms with E-state index in [-0.39, 0.29) is 24.3 Å². The highest BCUT2D eigenvalue weighted by molar-refractivity contribution is 5.87. The molecule has 0 fully saturated rings. The van der Waals surface area contributed by atoms with Crippen LogP contribution < -0.4 is 16.4 Å². The third-order valence-electron chi connectivity index (χ3n) is 2.26. The molecule has 0 aromatic heterocycles. The van der Waals surface area contributed by atoms with E-state index in [0.717, 1.165) is 0 Å². The maximum atomic E-state index is 11.5. The molecule has 0 saturated heterocycles. The molecule has 0 aliphatic heterocycles. The first-order valence-electron chi connectivity index (χ1n) is 5.51. The van der Waals surface area contributed by atoms with Crippen LogP contribution in [0.25, 0.3) is 0 Å². The molecule has 0 spiro atoms. The van der Waals surface area contributed by atoms with Crippen LogP contribution in [0.5, 0.6) is 0 Å². The molecule has 0 unspecified atom stereocenters. The molecular weight excluding hydrogens is 218 g/mol. The minimum absolute atomic E-state index is 0.0280. The largest absolute Gasteiger partial charge is 0.346 e. The molecule has 5 nitrogen and oxygen atoms in total. The van der Waals surface area contributed by atoms with E-state index >= 15 is 0 Å². The smallest absolute Gasteiger partial charge is 0.240 e. The summed E-state index contributed by atoms with van der Waals surface area (Å²) >= 11 is 0. The molecule has 0 rings (SSSR count). The molecule has 0 aromatic carbocycles. The van der Waals surface area contributed by atoms with Gasteiger partial charge in [-0.05, 0) is 19.8 Å². The molecule has 0 heterocycles. The Balaban J connectivity index is 4.11. The van der Waals surface area contributed by atoms with Gasteiger partial charge in [0.1, 0.15) is 0 Å². The van der Waals surface area contributed by atoms with Crippen LogP contribution in [0.15, 0.2) is 0 Å². The molecule has 0 radical (unpaired) electrons. The zero-order chi connectivity index (χ0) is 13.6. The van der Waals surface area contributed by atoms with Gasteiger partial charge in [0.05, 0.1) is 18.1 Å². The molecule has 0 bridgehead atoms. The maximum Gasteiger partial charge on any atom is 0.240 e. The summed E-state index contributed by atoms with van der Waals surface area (Å²) in [5.41, 5.74) is 4.90. The van der Waals surface area contributed by atoms with Crippen molar-refractivity contribution in [3.05, 3.63) is 0 Å². The first-order chi connectivity index (χ1) is 7.69. The Morgan fingerprint density at radius 3 is 2.35 bits per heavy atom. The van der Waals surface area contributed by atoms with E-state index < -0.39 is 11.6 Å². The molecule has 96 valence electrons. The predicted octanol–water partition coefficient (Wildman–Crippen LogP) is -0.386. The van der Waals surface area contributed by atoms with Crippen molar-refractivity contribution in [2.45, 2.75) is 39.3 Å². The van der Waals surface area contributed by atoms with Gasteiger partial charge in [-0.15, -0.1) is 6.42 Å². The lowest BCUT2D eigenvalue weighted by atomic mass is 10.1. The highest BCUT2D eigenvalue weighted by Crippen LogP contribution is 1.99. The number of hydrogen-bond donors (Lipinski definition) is 3. The average molecular weight is 239 g/mol. The Morgan fingerprint density at radius 2 is 1.94 bits per heavy atom. The number of carbonyl (C=O) groups excluding carboxylic acids is 2. The van der Waals surface area contributed by atoms with Crippen molar-refractivity contribution in [2.24, 2.45) is 11.7 Å². The number of carbonyl (C=O) groups is 2. The van der Waals surface area contributed by atoms with Gasteiger partial charge in [0.25, 0.3) is 0 Å². The topological polar surface area (TPSA) is 84.2 Å². The summed E-state index contributed by atoms with van der Waals surface area (Å²) in [5, 5.41) is 5.06. The van der Waals surface area contributed by atoms with Crippen molar-refractivity contribution in [1.82, 2.24) is 10.6 Å². The van der Waals surface area contributed by atoms with Crippen LogP contribution in [0.3, 0.4) is 0 Å². The molecule has 0 saturated carbocycles. The average Bonchev–Trinajstić information content (AvgIpc) is 2.24. The third kappa shape index (κ3) is 5.93. The fraction of sp³-hybridized carbons (Fsp3) is 0.667. The second-order valence-corrected chi connectivity index (χ2v) is 4.81. The lowest BCUT2D eigenvalue weighted by Crippen LogP contribution is -2.50. The molecule has 1 atom stereocenters. The Hall–Kier alpha value is -1.54. The molecular formula is C12H21N3O2. The van der Waals surface area contributed by atoms with Gasteiger partial charge in [0, 0.05) is 0 Å². The van der Waals surface area contributed by atoms with Gasteiger partial charge in [0.15, 0.2) is 0 Å². The maximum absolute atomic E-state index is 11.5. The molecule has 0 aromatic rings. The van der Waals surface area contributed by atoms with E-state index in [4.69, 9.17) is 12.2 Å². The van der Waals surface area contributed by atoms with Crippen molar-refractivity contribution in [3.8, 4) is 12.3 Å².